The van der Waals surface area contributed by atoms with Gasteiger partial charge in [0.2, 0.25) is 5.91 Å². The van der Waals surface area contributed by atoms with Crippen molar-refractivity contribution in [2.75, 3.05) is 13.2 Å². The first-order chi connectivity index (χ1) is 11.0. The number of rotatable bonds is 8. The minimum absolute atomic E-state index is 0.00460. The van der Waals surface area contributed by atoms with Crippen LogP contribution in [0.4, 0.5) is 0 Å². The van der Waals surface area contributed by atoms with Crippen LogP contribution in [0.25, 0.3) is 11.0 Å². The van der Waals surface area contributed by atoms with Gasteiger partial charge in [0, 0.05) is 24.1 Å². The van der Waals surface area contributed by atoms with Gasteiger partial charge < -0.3 is 14.8 Å². The molecule has 2 rings (SSSR count). The maximum Gasteiger partial charge on any atom is 0.224 e. The van der Waals surface area contributed by atoms with E-state index < -0.39 is 0 Å². The summed E-state index contributed by atoms with van der Waals surface area (Å²) in [7, 11) is 0. The van der Waals surface area contributed by atoms with Crippen LogP contribution in [-0.2, 0) is 11.2 Å². The molecule has 0 bridgehead atoms. The lowest BCUT2D eigenvalue weighted by atomic mass is 10.00. The summed E-state index contributed by atoms with van der Waals surface area (Å²) in [5.74, 6) is 0.352. The first kappa shape index (κ1) is 17.5. The molecule has 1 unspecified atom stereocenters. The Balaban J connectivity index is 1.99. The van der Waals surface area contributed by atoms with Crippen molar-refractivity contribution in [1.29, 1.82) is 0 Å². The molecule has 4 heteroatoms. The minimum atomic E-state index is 0.00460. The average Bonchev–Trinajstić information content (AvgIpc) is 2.88. The third kappa shape index (κ3) is 4.58. The predicted molar refractivity (Wildman–Crippen MR) is 92.5 cm³/mol. The number of fused-ring (bicyclic) bond motifs is 1. The fourth-order valence-electron chi connectivity index (χ4n) is 2.91. The van der Waals surface area contributed by atoms with Crippen LogP contribution >= 0.6 is 0 Å². The Bertz CT molecular complexity index is 654. The molecular weight excluding hydrogens is 290 g/mol. The van der Waals surface area contributed by atoms with Gasteiger partial charge in [-0.2, -0.15) is 0 Å². The molecule has 0 radical (unpaired) electrons. The summed E-state index contributed by atoms with van der Waals surface area (Å²) in [6.07, 6.45) is 4.83. The zero-order chi connectivity index (χ0) is 16.8. The fraction of sp³-hybridized carbons (Fsp3) is 0.526. The van der Waals surface area contributed by atoms with Gasteiger partial charge in [0.1, 0.15) is 5.58 Å². The van der Waals surface area contributed by atoms with Crippen molar-refractivity contribution in [2.45, 2.75) is 46.5 Å². The van der Waals surface area contributed by atoms with Gasteiger partial charge in [-0.15, -0.1) is 0 Å². The predicted octanol–water partition coefficient (Wildman–Crippen LogP) is 3.51. The largest absolute Gasteiger partial charge is 0.464 e. The monoisotopic (exact) mass is 317 g/mol. The smallest absolute Gasteiger partial charge is 0.224 e. The number of hydrogen-bond acceptors (Lipinski definition) is 3. The number of aliphatic hydroxyl groups excluding tert-OH is 1. The second kappa shape index (κ2) is 8.16. The normalized spacial score (nSPS) is 12.5. The van der Waals surface area contributed by atoms with E-state index in [2.05, 4.69) is 32.2 Å². The summed E-state index contributed by atoms with van der Waals surface area (Å²) in [6.45, 7) is 7.04. The highest BCUT2D eigenvalue weighted by molar-refractivity contribution is 5.88. The topological polar surface area (TPSA) is 62.5 Å². The van der Waals surface area contributed by atoms with Crippen molar-refractivity contribution in [3.63, 3.8) is 0 Å². The lowest BCUT2D eigenvalue weighted by Gasteiger charge is -2.15. The van der Waals surface area contributed by atoms with E-state index in [9.17, 15) is 4.79 Å². The molecule has 0 saturated carbocycles. The number of nitrogens with one attached hydrogen (secondary N) is 1. The molecule has 0 aliphatic rings. The molecule has 1 heterocycles. The van der Waals surface area contributed by atoms with Crippen molar-refractivity contribution in [3.8, 4) is 0 Å². The van der Waals surface area contributed by atoms with Crippen molar-refractivity contribution < 1.29 is 14.3 Å². The molecule has 1 aromatic heterocycles. The number of carbonyl (C=O) groups is 1. The number of benzene rings is 1. The fourth-order valence-corrected chi connectivity index (χ4v) is 2.91. The van der Waals surface area contributed by atoms with E-state index in [1.165, 1.54) is 11.1 Å². The highest BCUT2D eigenvalue weighted by atomic mass is 16.3. The summed E-state index contributed by atoms with van der Waals surface area (Å²) < 4.78 is 5.58. The standard InChI is InChI=1S/C19H27NO3/c1-4-5-15(6-7-21)11-20-19(22)10-16-12-23-18-9-14(3)13(2)8-17(16)18/h8-9,12,15,21H,4-7,10-11H2,1-3H3,(H,20,22). The number of aryl methyl sites for hydroxylation is 2. The van der Waals surface area contributed by atoms with Crippen LogP contribution in [0.1, 0.15) is 42.9 Å². The Hall–Kier alpha value is -1.81. The molecule has 4 nitrogen and oxygen atoms in total. The summed E-state index contributed by atoms with van der Waals surface area (Å²) in [4.78, 5) is 12.2. The molecule has 2 aromatic rings. The SMILES string of the molecule is CCCC(CCO)CNC(=O)Cc1coc2cc(C)c(C)cc12. The van der Waals surface area contributed by atoms with Gasteiger partial charge in [-0.3, -0.25) is 4.79 Å². The Morgan fingerprint density at radius 2 is 2.00 bits per heavy atom. The Morgan fingerprint density at radius 3 is 2.70 bits per heavy atom. The van der Waals surface area contributed by atoms with Gasteiger partial charge in [0.05, 0.1) is 12.7 Å². The van der Waals surface area contributed by atoms with Crippen LogP contribution in [0.3, 0.4) is 0 Å². The van der Waals surface area contributed by atoms with E-state index in [0.717, 1.165) is 35.8 Å². The first-order valence-corrected chi connectivity index (χ1v) is 8.40. The molecule has 2 N–H and O–H groups in total. The van der Waals surface area contributed by atoms with E-state index in [-0.39, 0.29) is 12.5 Å². The lowest BCUT2D eigenvalue weighted by molar-refractivity contribution is -0.120. The second-order valence-corrected chi connectivity index (χ2v) is 6.34. The average molecular weight is 317 g/mol. The third-order valence-corrected chi connectivity index (χ3v) is 4.44. The Labute approximate surface area is 137 Å². The molecular formula is C19H27NO3. The van der Waals surface area contributed by atoms with E-state index in [1.54, 1.807) is 6.26 Å². The van der Waals surface area contributed by atoms with Crippen LogP contribution in [0.2, 0.25) is 0 Å². The highest BCUT2D eigenvalue weighted by Crippen LogP contribution is 2.25. The zero-order valence-electron chi connectivity index (χ0n) is 14.3. The minimum Gasteiger partial charge on any atom is -0.464 e. The molecule has 0 aliphatic carbocycles. The maximum absolute atomic E-state index is 12.2. The third-order valence-electron chi connectivity index (χ3n) is 4.44. The van der Waals surface area contributed by atoms with Gasteiger partial charge >= 0.3 is 0 Å². The van der Waals surface area contributed by atoms with Crippen molar-refractivity contribution in [2.24, 2.45) is 5.92 Å². The number of furan rings is 1. The summed E-state index contributed by atoms with van der Waals surface area (Å²) >= 11 is 0. The molecule has 0 fully saturated rings. The quantitative estimate of drug-likeness (QED) is 0.783. The molecule has 0 spiro atoms. The molecule has 1 aromatic carbocycles. The molecule has 0 saturated heterocycles. The van der Waals surface area contributed by atoms with Crippen LogP contribution in [0.5, 0.6) is 0 Å². The Kier molecular flexibility index (Phi) is 6.22. The Morgan fingerprint density at radius 1 is 1.26 bits per heavy atom. The van der Waals surface area contributed by atoms with Gasteiger partial charge in [-0.05, 0) is 55.9 Å². The van der Waals surface area contributed by atoms with Gasteiger partial charge in [0.15, 0.2) is 0 Å². The summed E-state index contributed by atoms with van der Waals surface area (Å²) in [6, 6.07) is 4.10. The van der Waals surface area contributed by atoms with Gasteiger partial charge in [-0.25, -0.2) is 0 Å². The summed E-state index contributed by atoms with van der Waals surface area (Å²) in [5, 5.41) is 13.1. The van der Waals surface area contributed by atoms with Crippen molar-refractivity contribution in [3.05, 3.63) is 35.1 Å². The second-order valence-electron chi connectivity index (χ2n) is 6.34. The molecule has 0 aliphatic heterocycles. The van der Waals surface area contributed by atoms with Crippen LogP contribution < -0.4 is 5.32 Å². The molecule has 1 amide bonds. The van der Waals surface area contributed by atoms with E-state index in [4.69, 9.17) is 9.52 Å². The van der Waals surface area contributed by atoms with Crippen molar-refractivity contribution >= 4 is 16.9 Å². The molecule has 23 heavy (non-hydrogen) atoms. The number of amides is 1. The molecule has 126 valence electrons. The zero-order valence-corrected chi connectivity index (χ0v) is 14.3. The summed E-state index contributed by atoms with van der Waals surface area (Å²) in [5.41, 5.74) is 4.15. The van der Waals surface area contributed by atoms with Gasteiger partial charge in [-0.1, -0.05) is 13.3 Å². The van der Waals surface area contributed by atoms with Crippen LogP contribution in [-0.4, -0.2) is 24.2 Å². The van der Waals surface area contributed by atoms with E-state index in [0.29, 0.717) is 18.9 Å². The highest BCUT2D eigenvalue weighted by Gasteiger charge is 2.13. The number of aliphatic hydroxyl groups is 1. The first-order valence-electron chi connectivity index (χ1n) is 8.40. The van der Waals surface area contributed by atoms with Crippen LogP contribution in [0.15, 0.2) is 22.8 Å². The molecule has 1 atom stereocenters. The number of hydrogen-bond donors (Lipinski definition) is 2. The maximum atomic E-state index is 12.2. The lowest BCUT2D eigenvalue weighted by Crippen LogP contribution is -2.30. The number of carbonyl (C=O) groups excluding carboxylic acids is 1. The van der Waals surface area contributed by atoms with E-state index >= 15 is 0 Å². The van der Waals surface area contributed by atoms with Gasteiger partial charge in [0.25, 0.3) is 0 Å². The van der Waals surface area contributed by atoms with Crippen molar-refractivity contribution in [1.82, 2.24) is 5.32 Å². The van der Waals surface area contributed by atoms with Crippen LogP contribution in [0, 0.1) is 19.8 Å². The van der Waals surface area contributed by atoms with E-state index in [1.807, 2.05) is 6.07 Å².